The van der Waals surface area contributed by atoms with Gasteiger partial charge in [-0.25, -0.2) is 4.99 Å². The lowest BCUT2D eigenvalue weighted by molar-refractivity contribution is 0.319. The van der Waals surface area contributed by atoms with Gasteiger partial charge in [0, 0.05) is 5.56 Å². The van der Waals surface area contributed by atoms with Crippen LogP contribution in [0.2, 0.25) is 0 Å². The van der Waals surface area contributed by atoms with E-state index in [1.807, 2.05) is 0 Å². The van der Waals surface area contributed by atoms with Gasteiger partial charge in [-0.05, 0) is 108 Å². The number of aliphatic imine (C=N–C) groups is 1. The fourth-order valence-electron chi connectivity index (χ4n) is 6.32. The first-order valence-corrected chi connectivity index (χ1v) is 16.4. The molecule has 208 valence electrons. The highest BCUT2D eigenvalue weighted by atomic mass is 31.1. The smallest absolute Gasteiger partial charge is 0.217 e. The van der Waals surface area contributed by atoms with Crippen molar-refractivity contribution in [2.24, 2.45) is 4.99 Å². The van der Waals surface area contributed by atoms with E-state index in [0.29, 0.717) is 6.61 Å². The molecular formula is C39H36NOP. The van der Waals surface area contributed by atoms with Gasteiger partial charge in [0.2, 0.25) is 5.90 Å². The molecule has 2 nitrogen and oxygen atoms in total. The van der Waals surface area contributed by atoms with Gasteiger partial charge in [0.25, 0.3) is 0 Å². The quantitative estimate of drug-likeness (QED) is 0.203. The van der Waals surface area contributed by atoms with E-state index in [1.165, 1.54) is 60.4 Å². The number of aryl methyl sites for hydroxylation is 6. The Balaban J connectivity index is 1.30. The molecule has 0 unspecified atom stereocenters. The Kier molecular flexibility index (Phi) is 7.49. The monoisotopic (exact) mass is 565 g/mol. The summed E-state index contributed by atoms with van der Waals surface area (Å²) in [7, 11) is -0.694. The van der Waals surface area contributed by atoms with E-state index in [0.717, 1.165) is 31.6 Å². The van der Waals surface area contributed by atoms with Crippen LogP contribution >= 0.6 is 7.92 Å². The van der Waals surface area contributed by atoms with Gasteiger partial charge in [0.1, 0.15) is 12.6 Å². The number of nitrogens with zero attached hydrogens (tertiary/aromatic N) is 1. The van der Waals surface area contributed by atoms with Crippen molar-refractivity contribution in [1.29, 1.82) is 0 Å². The van der Waals surface area contributed by atoms with Gasteiger partial charge in [-0.15, -0.1) is 0 Å². The third-order valence-corrected chi connectivity index (χ3v) is 11.6. The van der Waals surface area contributed by atoms with Gasteiger partial charge in [-0.1, -0.05) is 109 Å². The van der Waals surface area contributed by atoms with Crippen molar-refractivity contribution >= 4 is 29.7 Å². The maximum Gasteiger partial charge on any atom is 0.217 e. The molecule has 0 saturated carbocycles. The minimum absolute atomic E-state index is 0.0572. The highest BCUT2D eigenvalue weighted by molar-refractivity contribution is 7.80. The fraction of sp³-hybridized carbons (Fsp3) is 0.205. The van der Waals surface area contributed by atoms with Crippen molar-refractivity contribution in [3.63, 3.8) is 0 Å². The van der Waals surface area contributed by atoms with Crippen molar-refractivity contribution in [3.8, 4) is 0 Å². The molecule has 1 aliphatic heterocycles. The van der Waals surface area contributed by atoms with Crippen LogP contribution in [0.25, 0.3) is 0 Å². The Bertz CT molecular complexity index is 1730. The molecule has 42 heavy (non-hydrogen) atoms. The second-order valence-corrected chi connectivity index (χ2v) is 13.7. The molecule has 5 aliphatic rings. The number of benzene rings is 5. The molecule has 10 rings (SSSR count). The predicted octanol–water partition coefficient (Wildman–Crippen LogP) is 7.46. The maximum atomic E-state index is 6.28. The van der Waals surface area contributed by atoms with Crippen molar-refractivity contribution in [2.45, 2.75) is 45.6 Å². The fourth-order valence-corrected chi connectivity index (χ4v) is 9.20. The Hall–Kier alpha value is -4.00. The van der Waals surface area contributed by atoms with Crippen LogP contribution in [0.4, 0.5) is 0 Å². The second kappa shape index (κ2) is 11.7. The van der Waals surface area contributed by atoms with Gasteiger partial charge in [0.05, 0.1) is 0 Å². The van der Waals surface area contributed by atoms with Gasteiger partial charge in [-0.3, -0.25) is 0 Å². The topological polar surface area (TPSA) is 21.6 Å². The molecule has 1 heterocycles. The first-order valence-electron chi connectivity index (χ1n) is 15.0. The summed E-state index contributed by atoms with van der Waals surface area (Å²) in [6, 6.07) is 42.8. The summed E-state index contributed by atoms with van der Waals surface area (Å²) in [6.45, 7) is 5.14. The van der Waals surface area contributed by atoms with Crippen LogP contribution < -0.4 is 15.9 Å². The molecule has 0 N–H and O–H groups in total. The van der Waals surface area contributed by atoms with E-state index >= 15 is 0 Å². The largest absolute Gasteiger partial charge is 0.475 e. The Labute approximate surface area is 250 Å². The molecule has 0 spiro atoms. The lowest BCUT2D eigenvalue weighted by Gasteiger charge is -2.26. The number of rotatable bonds is 5. The average Bonchev–Trinajstić information content (AvgIpc) is 3.51. The van der Waals surface area contributed by atoms with Crippen molar-refractivity contribution < 1.29 is 4.74 Å². The van der Waals surface area contributed by atoms with E-state index in [-0.39, 0.29) is 6.04 Å². The number of hydrogen-bond donors (Lipinski definition) is 0. The van der Waals surface area contributed by atoms with Crippen LogP contribution in [0.1, 0.15) is 50.5 Å². The zero-order valence-corrected chi connectivity index (χ0v) is 25.3. The van der Waals surface area contributed by atoms with Crippen LogP contribution in [0.15, 0.2) is 120 Å². The van der Waals surface area contributed by atoms with Crippen molar-refractivity contribution in [1.82, 2.24) is 0 Å². The third kappa shape index (κ3) is 5.33. The summed E-state index contributed by atoms with van der Waals surface area (Å²) in [5.41, 5.74) is 10.6. The van der Waals surface area contributed by atoms with Gasteiger partial charge in [-0.2, -0.15) is 0 Å². The SMILES string of the molecule is Cc1ccccc1P(c1ccccc1C)c1cc2ccc1CCc1ccc(cc1C1=N[C@H](c3ccccc3)CO1)CC2. The van der Waals surface area contributed by atoms with E-state index in [2.05, 4.69) is 129 Å². The molecule has 3 heteroatoms. The average molecular weight is 566 g/mol. The Morgan fingerprint density at radius 3 is 1.88 bits per heavy atom. The summed E-state index contributed by atoms with van der Waals surface area (Å²) < 4.78 is 6.28. The third-order valence-electron chi connectivity index (χ3n) is 8.71. The second-order valence-electron chi connectivity index (χ2n) is 11.5. The summed E-state index contributed by atoms with van der Waals surface area (Å²) in [5, 5.41) is 4.41. The molecule has 0 radical (unpaired) electrons. The minimum Gasteiger partial charge on any atom is -0.475 e. The summed E-state index contributed by atoms with van der Waals surface area (Å²) in [5.74, 6) is 0.800. The number of hydrogen-bond acceptors (Lipinski definition) is 2. The van der Waals surface area contributed by atoms with Crippen molar-refractivity contribution in [2.75, 3.05) is 6.61 Å². The van der Waals surface area contributed by atoms with Crippen molar-refractivity contribution in [3.05, 3.63) is 160 Å². The predicted molar refractivity (Wildman–Crippen MR) is 178 cm³/mol. The molecule has 0 aromatic heterocycles. The molecule has 1 atom stereocenters. The highest BCUT2D eigenvalue weighted by Crippen LogP contribution is 2.38. The van der Waals surface area contributed by atoms with E-state index in [4.69, 9.17) is 9.73 Å². The minimum atomic E-state index is -0.694. The van der Waals surface area contributed by atoms with E-state index in [9.17, 15) is 0 Å². The number of ether oxygens (including phenoxy) is 1. The summed E-state index contributed by atoms with van der Waals surface area (Å²) in [4.78, 5) is 5.08. The lowest BCUT2D eigenvalue weighted by atomic mass is 9.93. The van der Waals surface area contributed by atoms with Crippen LogP contribution in [0, 0.1) is 13.8 Å². The molecule has 5 aromatic rings. The van der Waals surface area contributed by atoms with Gasteiger partial charge >= 0.3 is 0 Å². The molecule has 0 amide bonds. The first-order chi connectivity index (χ1) is 20.6. The van der Waals surface area contributed by atoms with Gasteiger partial charge in [0.15, 0.2) is 0 Å². The normalized spacial score (nSPS) is 16.2. The highest BCUT2D eigenvalue weighted by Gasteiger charge is 2.26. The first kappa shape index (κ1) is 26.9. The van der Waals surface area contributed by atoms with Crippen LogP contribution in [0.3, 0.4) is 0 Å². The molecule has 4 aliphatic carbocycles. The Morgan fingerprint density at radius 2 is 1.19 bits per heavy atom. The molecule has 4 bridgehead atoms. The standard InChI is InChI=1S/C39H36NOP/c1-27-10-6-8-14-36(27)42(37-15-9-7-11-28(37)2)38-25-30-17-16-29-18-20-31(22-23-33(38)21-19-30)34(24-29)39-40-35(26-41-39)32-12-4-3-5-13-32/h3-15,18-21,24-25,35H,16-17,22-23,26H2,1-2H3/t35-/m0/s1. The van der Waals surface area contributed by atoms with E-state index < -0.39 is 7.92 Å². The van der Waals surface area contributed by atoms with Crippen LogP contribution in [-0.2, 0) is 30.4 Å². The Morgan fingerprint density at radius 1 is 0.595 bits per heavy atom. The zero-order chi connectivity index (χ0) is 28.5. The summed E-state index contributed by atoms with van der Waals surface area (Å²) in [6.07, 6.45) is 3.93. The van der Waals surface area contributed by atoms with E-state index in [1.54, 1.807) is 0 Å². The molecular weight excluding hydrogens is 529 g/mol. The lowest BCUT2D eigenvalue weighted by Crippen LogP contribution is -2.27. The van der Waals surface area contributed by atoms with Crippen LogP contribution in [0.5, 0.6) is 0 Å². The molecule has 5 aromatic carbocycles. The zero-order valence-electron chi connectivity index (χ0n) is 24.4. The molecule has 0 saturated heterocycles. The maximum absolute atomic E-state index is 6.28. The van der Waals surface area contributed by atoms with Gasteiger partial charge < -0.3 is 4.74 Å². The molecule has 0 fully saturated rings. The summed E-state index contributed by atoms with van der Waals surface area (Å²) >= 11 is 0. The van der Waals surface area contributed by atoms with Crippen LogP contribution in [-0.4, -0.2) is 12.5 Å².